The van der Waals surface area contributed by atoms with Gasteiger partial charge in [0.15, 0.2) is 5.96 Å². The summed E-state index contributed by atoms with van der Waals surface area (Å²) in [5, 5.41) is 9.38. The summed E-state index contributed by atoms with van der Waals surface area (Å²) in [6.45, 7) is 5.42. The quantitative estimate of drug-likeness (QED) is 0.300. The van der Waals surface area contributed by atoms with Gasteiger partial charge in [0.05, 0.1) is 13.2 Å². The zero-order valence-corrected chi connectivity index (χ0v) is 17.8. The monoisotopic (exact) mass is 404 g/mol. The van der Waals surface area contributed by atoms with Gasteiger partial charge in [-0.2, -0.15) is 0 Å². The topological polar surface area (TPSA) is 84.0 Å². The van der Waals surface area contributed by atoms with Crippen LogP contribution in [-0.4, -0.2) is 57.9 Å². The molecule has 1 amide bonds. The van der Waals surface area contributed by atoms with Crippen LogP contribution >= 0.6 is 0 Å². The third kappa shape index (κ3) is 9.17. The Morgan fingerprint density at radius 3 is 2.69 bits per heavy atom. The molecule has 1 aromatic rings. The Bertz CT molecular complexity index is 630. The van der Waals surface area contributed by atoms with E-state index in [9.17, 15) is 4.79 Å². The molecular formula is C22H36N4O3. The molecule has 162 valence electrons. The number of benzene rings is 1. The zero-order chi connectivity index (χ0) is 20.7. The lowest BCUT2D eigenvalue weighted by Gasteiger charge is -2.21. The van der Waals surface area contributed by atoms with Crippen molar-refractivity contribution < 1.29 is 14.3 Å². The maximum atomic E-state index is 12.2. The lowest BCUT2D eigenvalue weighted by atomic mass is 9.98. The second-order valence-electron chi connectivity index (χ2n) is 7.16. The van der Waals surface area contributed by atoms with Crippen LogP contribution < -0.4 is 20.7 Å². The van der Waals surface area contributed by atoms with Crippen LogP contribution in [0.15, 0.2) is 29.3 Å². The minimum Gasteiger partial charge on any atom is -0.497 e. The van der Waals surface area contributed by atoms with Gasteiger partial charge in [-0.05, 0) is 44.4 Å². The molecule has 1 aromatic carbocycles. The number of rotatable bonds is 11. The summed E-state index contributed by atoms with van der Waals surface area (Å²) in [5.41, 5.74) is 0.586. The SMILES string of the molecule is CCNC(=NCCCOC1CCCCC1)NCCNC(=O)c1cccc(OC)c1. The Balaban J connectivity index is 1.63. The highest BCUT2D eigenvalue weighted by Gasteiger charge is 2.13. The third-order valence-corrected chi connectivity index (χ3v) is 4.86. The van der Waals surface area contributed by atoms with Crippen LogP contribution in [0.25, 0.3) is 0 Å². The first kappa shape index (κ1) is 23.0. The van der Waals surface area contributed by atoms with Crippen molar-refractivity contribution in [3.63, 3.8) is 0 Å². The summed E-state index contributed by atoms with van der Waals surface area (Å²) < 4.78 is 11.1. The highest BCUT2D eigenvalue weighted by Crippen LogP contribution is 2.20. The van der Waals surface area contributed by atoms with E-state index in [1.165, 1.54) is 32.1 Å². The van der Waals surface area contributed by atoms with Crippen molar-refractivity contribution >= 4 is 11.9 Å². The number of hydrogen-bond acceptors (Lipinski definition) is 4. The summed E-state index contributed by atoms with van der Waals surface area (Å²) in [5.74, 6) is 1.32. The van der Waals surface area contributed by atoms with Crippen LogP contribution in [-0.2, 0) is 4.74 Å². The minimum atomic E-state index is -0.118. The second-order valence-corrected chi connectivity index (χ2v) is 7.16. The lowest BCUT2D eigenvalue weighted by Crippen LogP contribution is -2.41. The molecule has 0 saturated heterocycles. The number of carbonyl (C=O) groups excluding carboxylic acids is 1. The Kier molecular flexibility index (Phi) is 11.0. The Morgan fingerprint density at radius 2 is 1.93 bits per heavy atom. The fourth-order valence-electron chi connectivity index (χ4n) is 3.30. The summed E-state index contributed by atoms with van der Waals surface area (Å²) in [6.07, 6.45) is 7.72. The number of guanidine groups is 1. The Hall–Kier alpha value is -2.28. The summed E-state index contributed by atoms with van der Waals surface area (Å²) in [7, 11) is 1.59. The normalized spacial score (nSPS) is 15.0. The van der Waals surface area contributed by atoms with Gasteiger partial charge in [-0.3, -0.25) is 9.79 Å². The molecule has 0 aliphatic heterocycles. The minimum absolute atomic E-state index is 0.118. The number of methoxy groups -OCH3 is 1. The molecule has 0 aromatic heterocycles. The molecule has 3 N–H and O–H groups in total. The molecule has 0 radical (unpaired) electrons. The molecule has 7 heteroatoms. The first-order chi connectivity index (χ1) is 14.2. The number of aliphatic imine (C=N–C) groups is 1. The van der Waals surface area contributed by atoms with E-state index in [4.69, 9.17) is 9.47 Å². The molecule has 1 aliphatic rings. The Labute approximate surface area is 174 Å². The molecule has 7 nitrogen and oxygen atoms in total. The van der Waals surface area contributed by atoms with Crippen LogP contribution in [0.4, 0.5) is 0 Å². The van der Waals surface area contributed by atoms with Crippen molar-refractivity contribution in [3.8, 4) is 5.75 Å². The number of ether oxygens (including phenoxy) is 2. The van der Waals surface area contributed by atoms with Crippen LogP contribution in [0.5, 0.6) is 5.75 Å². The van der Waals surface area contributed by atoms with Crippen molar-refractivity contribution in [2.75, 3.05) is 39.9 Å². The Morgan fingerprint density at radius 1 is 1.14 bits per heavy atom. The molecule has 0 bridgehead atoms. The third-order valence-electron chi connectivity index (χ3n) is 4.86. The van der Waals surface area contributed by atoms with E-state index in [1.54, 1.807) is 25.3 Å². The van der Waals surface area contributed by atoms with Gasteiger partial charge in [0.2, 0.25) is 0 Å². The van der Waals surface area contributed by atoms with Gasteiger partial charge < -0.3 is 25.4 Å². The molecule has 0 unspecified atom stereocenters. The molecule has 1 saturated carbocycles. The molecule has 1 fully saturated rings. The van der Waals surface area contributed by atoms with Crippen LogP contribution in [0.1, 0.15) is 55.8 Å². The van der Waals surface area contributed by atoms with E-state index in [0.717, 1.165) is 32.1 Å². The van der Waals surface area contributed by atoms with Gasteiger partial charge in [0.1, 0.15) is 5.75 Å². The van der Waals surface area contributed by atoms with Crippen molar-refractivity contribution in [1.82, 2.24) is 16.0 Å². The highest BCUT2D eigenvalue weighted by molar-refractivity contribution is 5.94. The van der Waals surface area contributed by atoms with E-state index in [-0.39, 0.29) is 5.91 Å². The van der Waals surface area contributed by atoms with Gasteiger partial charge in [0, 0.05) is 38.3 Å². The van der Waals surface area contributed by atoms with Gasteiger partial charge in [-0.25, -0.2) is 0 Å². The first-order valence-corrected chi connectivity index (χ1v) is 10.8. The second kappa shape index (κ2) is 13.8. The smallest absolute Gasteiger partial charge is 0.251 e. The fourth-order valence-corrected chi connectivity index (χ4v) is 3.30. The van der Waals surface area contributed by atoms with E-state index in [1.807, 2.05) is 13.0 Å². The summed E-state index contributed by atoms with van der Waals surface area (Å²) >= 11 is 0. The highest BCUT2D eigenvalue weighted by atomic mass is 16.5. The molecule has 1 aliphatic carbocycles. The van der Waals surface area contributed by atoms with Gasteiger partial charge in [-0.1, -0.05) is 25.3 Å². The fraction of sp³-hybridized carbons (Fsp3) is 0.636. The standard InChI is InChI=1S/C22H36N4O3/c1-3-23-22(25-13-8-16-29-19-10-5-4-6-11-19)26-15-14-24-21(27)18-9-7-12-20(17-18)28-2/h7,9,12,17,19H,3-6,8,10-11,13-16H2,1-2H3,(H,24,27)(H2,23,25,26). The lowest BCUT2D eigenvalue weighted by molar-refractivity contribution is 0.0281. The van der Waals surface area contributed by atoms with Gasteiger partial charge in [0.25, 0.3) is 5.91 Å². The van der Waals surface area contributed by atoms with E-state index >= 15 is 0 Å². The van der Waals surface area contributed by atoms with Crippen molar-refractivity contribution in [1.29, 1.82) is 0 Å². The average molecular weight is 405 g/mol. The first-order valence-electron chi connectivity index (χ1n) is 10.8. The predicted octanol–water partition coefficient (Wildman–Crippen LogP) is 2.72. The van der Waals surface area contributed by atoms with Crippen LogP contribution in [0, 0.1) is 0 Å². The number of hydrogen-bond donors (Lipinski definition) is 3. The summed E-state index contributed by atoms with van der Waals surface area (Å²) in [6, 6.07) is 7.12. The molecule has 2 rings (SSSR count). The zero-order valence-electron chi connectivity index (χ0n) is 17.8. The van der Waals surface area contributed by atoms with Crippen molar-refractivity contribution in [2.45, 2.75) is 51.6 Å². The molecule has 0 heterocycles. The van der Waals surface area contributed by atoms with E-state index in [0.29, 0.717) is 30.5 Å². The van der Waals surface area contributed by atoms with Gasteiger partial charge in [-0.15, -0.1) is 0 Å². The number of nitrogens with one attached hydrogen (secondary N) is 3. The van der Waals surface area contributed by atoms with Crippen molar-refractivity contribution in [2.24, 2.45) is 4.99 Å². The number of nitrogens with zero attached hydrogens (tertiary/aromatic N) is 1. The molecule has 29 heavy (non-hydrogen) atoms. The maximum Gasteiger partial charge on any atom is 0.251 e. The van der Waals surface area contributed by atoms with Crippen LogP contribution in [0.3, 0.4) is 0 Å². The maximum absolute atomic E-state index is 12.2. The summed E-state index contributed by atoms with van der Waals surface area (Å²) in [4.78, 5) is 16.8. The van der Waals surface area contributed by atoms with Crippen LogP contribution in [0.2, 0.25) is 0 Å². The average Bonchev–Trinajstić information content (AvgIpc) is 2.77. The number of carbonyl (C=O) groups is 1. The molecular weight excluding hydrogens is 368 g/mol. The van der Waals surface area contributed by atoms with E-state index < -0.39 is 0 Å². The largest absolute Gasteiger partial charge is 0.497 e. The van der Waals surface area contributed by atoms with E-state index in [2.05, 4.69) is 20.9 Å². The predicted molar refractivity (Wildman–Crippen MR) is 117 cm³/mol. The molecule has 0 spiro atoms. The number of amides is 1. The van der Waals surface area contributed by atoms with Gasteiger partial charge >= 0.3 is 0 Å². The molecule has 0 atom stereocenters. The van der Waals surface area contributed by atoms with Crippen molar-refractivity contribution in [3.05, 3.63) is 29.8 Å².